The molecule has 1 aromatic carbocycles. The molecule has 1 amide bonds. The highest BCUT2D eigenvalue weighted by Crippen LogP contribution is 2.10. The highest BCUT2D eigenvalue weighted by Gasteiger charge is 2.15. The van der Waals surface area contributed by atoms with E-state index in [9.17, 15) is 4.79 Å². The average molecular weight is 335 g/mol. The SMILES string of the molecule is Cl.O=C(CCc1cnn(-c2ccccc2)c1)N1CCCNCC1. The van der Waals surface area contributed by atoms with Gasteiger partial charge in [0.2, 0.25) is 5.91 Å². The van der Waals surface area contributed by atoms with Gasteiger partial charge in [0, 0.05) is 32.3 Å². The second kappa shape index (κ2) is 8.70. The molecule has 1 fully saturated rings. The molecule has 5 nitrogen and oxygen atoms in total. The van der Waals surface area contributed by atoms with E-state index in [-0.39, 0.29) is 18.3 Å². The molecule has 0 saturated carbocycles. The molecule has 0 unspecified atom stereocenters. The van der Waals surface area contributed by atoms with Crippen LogP contribution in [-0.4, -0.2) is 46.8 Å². The Hall–Kier alpha value is -1.85. The Labute approximate surface area is 143 Å². The number of hydrogen-bond acceptors (Lipinski definition) is 3. The zero-order valence-electron chi connectivity index (χ0n) is 13.1. The molecule has 0 bridgehead atoms. The fourth-order valence-corrected chi connectivity index (χ4v) is 2.72. The van der Waals surface area contributed by atoms with Gasteiger partial charge < -0.3 is 10.2 Å². The lowest BCUT2D eigenvalue weighted by molar-refractivity contribution is -0.130. The number of halogens is 1. The van der Waals surface area contributed by atoms with Crippen molar-refractivity contribution in [1.82, 2.24) is 20.0 Å². The van der Waals surface area contributed by atoms with Gasteiger partial charge in [0.05, 0.1) is 11.9 Å². The molecule has 2 heterocycles. The molecule has 1 aromatic heterocycles. The van der Waals surface area contributed by atoms with E-state index in [2.05, 4.69) is 10.4 Å². The lowest BCUT2D eigenvalue weighted by atomic mass is 10.2. The molecule has 1 N–H and O–H groups in total. The van der Waals surface area contributed by atoms with Crippen LogP contribution < -0.4 is 5.32 Å². The molecular formula is C17H23ClN4O. The van der Waals surface area contributed by atoms with Gasteiger partial charge in [-0.2, -0.15) is 5.10 Å². The molecule has 1 aliphatic rings. The quantitative estimate of drug-likeness (QED) is 0.931. The van der Waals surface area contributed by atoms with E-state index in [4.69, 9.17) is 0 Å². The Kier molecular flexibility index (Phi) is 6.62. The first kappa shape index (κ1) is 17.5. The summed E-state index contributed by atoms with van der Waals surface area (Å²) in [5.41, 5.74) is 2.14. The maximum Gasteiger partial charge on any atom is 0.222 e. The number of carbonyl (C=O) groups excluding carboxylic acids is 1. The van der Waals surface area contributed by atoms with Crippen molar-refractivity contribution in [2.75, 3.05) is 26.2 Å². The van der Waals surface area contributed by atoms with Gasteiger partial charge in [-0.3, -0.25) is 4.79 Å². The van der Waals surface area contributed by atoms with E-state index < -0.39 is 0 Å². The minimum absolute atomic E-state index is 0. The molecule has 6 heteroatoms. The molecule has 1 aliphatic heterocycles. The zero-order valence-corrected chi connectivity index (χ0v) is 14.0. The maximum atomic E-state index is 12.3. The van der Waals surface area contributed by atoms with E-state index in [1.807, 2.05) is 52.3 Å². The molecule has 0 spiro atoms. The first-order chi connectivity index (χ1) is 10.8. The van der Waals surface area contributed by atoms with Crippen molar-refractivity contribution in [3.05, 3.63) is 48.3 Å². The van der Waals surface area contributed by atoms with Crippen molar-refractivity contribution < 1.29 is 4.79 Å². The van der Waals surface area contributed by atoms with Gasteiger partial charge in [0.15, 0.2) is 0 Å². The van der Waals surface area contributed by atoms with E-state index >= 15 is 0 Å². The summed E-state index contributed by atoms with van der Waals surface area (Å²) in [6.45, 7) is 3.60. The number of carbonyl (C=O) groups is 1. The van der Waals surface area contributed by atoms with Gasteiger partial charge in [-0.1, -0.05) is 18.2 Å². The molecule has 0 aliphatic carbocycles. The van der Waals surface area contributed by atoms with Crippen LogP contribution in [0.1, 0.15) is 18.4 Å². The summed E-state index contributed by atoms with van der Waals surface area (Å²) in [7, 11) is 0. The van der Waals surface area contributed by atoms with Crippen LogP contribution in [0.15, 0.2) is 42.7 Å². The van der Waals surface area contributed by atoms with Crippen LogP contribution in [0, 0.1) is 0 Å². The topological polar surface area (TPSA) is 50.2 Å². The van der Waals surface area contributed by atoms with Gasteiger partial charge in [-0.25, -0.2) is 4.68 Å². The average Bonchev–Trinajstić information content (AvgIpc) is 2.87. The standard InChI is InChI=1S/C17H22N4O.ClH/c22-17(20-11-4-9-18-10-12-20)8-7-15-13-19-21(14-15)16-5-2-1-3-6-16;/h1-3,5-6,13-14,18H,4,7-12H2;1H. The molecule has 3 rings (SSSR count). The lowest BCUT2D eigenvalue weighted by Gasteiger charge is -2.19. The number of benzene rings is 1. The van der Waals surface area contributed by atoms with Gasteiger partial charge in [0.25, 0.3) is 0 Å². The Morgan fingerprint density at radius 3 is 2.83 bits per heavy atom. The fraction of sp³-hybridized carbons (Fsp3) is 0.412. The van der Waals surface area contributed by atoms with Crippen molar-refractivity contribution in [2.45, 2.75) is 19.3 Å². The largest absolute Gasteiger partial charge is 0.341 e. The van der Waals surface area contributed by atoms with Crippen LogP contribution >= 0.6 is 12.4 Å². The van der Waals surface area contributed by atoms with Crippen molar-refractivity contribution in [1.29, 1.82) is 0 Å². The van der Waals surface area contributed by atoms with Crippen LogP contribution in [0.3, 0.4) is 0 Å². The van der Waals surface area contributed by atoms with Gasteiger partial charge >= 0.3 is 0 Å². The summed E-state index contributed by atoms with van der Waals surface area (Å²) < 4.78 is 1.86. The van der Waals surface area contributed by atoms with Gasteiger partial charge in [-0.15, -0.1) is 12.4 Å². The zero-order chi connectivity index (χ0) is 15.2. The Morgan fingerprint density at radius 1 is 1.17 bits per heavy atom. The Balaban J connectivity index is 0.00000192. The van der Waals surface area contributed by atoms with E-state index in [1.165, 1.54) is 0 Å². The van der Waals surface area contributed by atoms with Crippen LogP contribution in [0.4, 0.5) is 0 Å². The Morgan fingerprint density at radius 2 is 2.00 bits per heavy atom. The number of nitrogens with one attached hydrogen (secondary N) is 1. The predicted molar refractivity (Wildman–Crippen MR) is 93.2 cm³/mol. The van der Waals surface area contributed by atoms with E-state index in [0.717, 1.165) is 50.3 Å². The van der Waals surface area contributed by atoms with Gasteiger partial charge in [-0.05, 0) is 37.1 Å². The molecule has 1 saturated heterocycles. The van der Waals surface area contributed by atoms with Crippen LogP contribution in [0.5, 0.6) is 0 Å². The summed E-state index contributed by atoms with van der Waals surface area (Å²) in [6.07, 6.45) is 6.20. The van der Waals surface area contributed by atoms with Crippen LogP contribution in [0.25, 0.3) is 5.69 Å². The summed E-state index contributed by atoms with van der Waals surface area (Å²) in [5.74, 6) is 0.246. The molecule has 23 heavy (non-hydrogen) atoms. The third kappa shape index (κ3) is 4.81. The number of amides is 1. The highest BCUT2D eigenvalue weighted by atomic mass is 35.5. The summed E-state index contributed by atoms with van der Waals surface area (Å²) in [5, 5.41) is 7.69. The first-order valence-corrected chi connectivity index (χ1v) is 7.90. The molecule has 0 atom stereocenters. The van der Waals surface area contributed by atoms with Crippen LogP contribution in [-0.2, 0) is 11.2 Å². The predicted octanol–water partition coefficient (Wildman–Crippen LogP) is 2.05. The number of nitrogens with zero attached hydrogens (tertiary/aromatic N) is 3. The Bertz CT molecular complexity index is 606. The lowest BCUT2D eigenvalue weighted by Crippen LogP contribution is -2.34. The highest BCUT2D eigenvalue weighted by molar-refractivity contribution is 5.85. The second-order valence-electron chi connectivity index (χ2n) is 5.61. The fourth-order valence-electron chi connectivity index (χ4n) is 2.72. The third-order valence-corrected chi connectivity index (χ3v) is 3.98. The molecule has 124 valence electrons. The molecule has 0 radical (unpaired) electrons. The monoisotopic (exact) mass is 334 g/mol. The number of hydrogen-bond donors (Lipinski definition) is 1. The van der Waals surface area contributed by atoms with Crippen molar-refractivity contribution in [3.63, 3.8) is 0 Å². The maximum absolute atomic E-state index is 12.3. The summed E-state index contributed by atoms with van der Waals surface area (Å²) in [4.78, 5) is 14.2. The second-order valence-corrected chi connectivity index (χ2v) is 5.61. The third-order valence-electron chi connectivity index (χ3n) is 3.98. The summed E-state index contributed by atoms with van der Waals surface area (Å²) >= 11 is 0. The molecule has 2 aromatic rings. The number of aromatic nitrogens is 2. The first-order valence-electron chi connectivity index (χ1n) is 7.90. The number of para-hydroxylation sites is 1. The van der Waals surface area contributed by atoms with Crippen molar-refractivity contribution >= 4 is 18.3 Å². The minimum Gasteiger partial charge on any atom is -0.341 e. The normalized spacial score (nSPS) is 14.9. The van der Waals surface area contributed by atoms with Crippen molar-refractivity contribution in [2.24, 2.45) is 0 Å². The van der Waals surface area contributed by atoms with Crippen LogP contribution in [0.2, 0.25) is 0 Å². The van der Waals surface area contributed by atoms with Gasteiger partial charge in [0.1, 0.15) is 0 Å². The van der Waals surface area contributed by atoms with E-state index in [1.54, 1.807) is 0 Å². The number of rotatable bonds is 4. The minimum atomic E-state index is 0. The van der Waals surface area contributed by atoms with Crippen molar-refractivity contribution in [3.8, 4) is 5.69 Å². The number of aryl methyl sites for hydroxylation is 1. The summed E-state index contributed by atoms with van der Waals surface area (Å²) in [6, 6.07) is 10.0. The van der Waals surface area contributed by atoms with E-state index in [0.29, 0.717) is 6.42 Å². The smallest absolute Gasteiger partial charge is 0.222 e. The molecular weight excluding hydrogens is 312 g/mol.